The molecule has 248 valence electrons. The van der Waals surface area contributed by atoms with Gasteiger partial charge in [-0.2, -0.15) is 0 Å². The number of rotatable bonds is 20. The molecule has 4 N–H and O–H groups in total. The molecule has 0 aromatic heterocycles. The molecule has 7 atom stereocenters. The van der Waals surface area contributed by atoms with E-state index in [1.54, 1.807) is 14.0 Å². The van der Waals surface area contributed by atoms with E-state index >= 15 is 0 Å². The fourth-order valence-corrected chi connectivity index (χ4v) is 7.17. The first-order chi connectivity index (χ1) is 21.2. The standard InChI is InChI=1S/C35H58N3O6/c1-5-26(8-12-32(44-25(3)40)21-31(41)11-7-27-9-13-33(42)34(19-27)43-4)18-30-23-36-22-29(30)10-6-28-15-17-38-35(20-28)37-16-14-24(2)39/h22-23,26-28,32-35,37-38,42H,5-21H2,1-4H3/q+1/p+1. The SMILES string of the molecule is CCC(CCC(CC(=O)CCC1CCC(O)C(OC)C1)OC(C)=O)CC1=C(CCC2CC[NH2+]C(NCCC(C)=O)C2)[CH+]N=C1. The number of nitrogens with one attached hydrogen (secondary N) is 1. The van der Waals surface area contributed by atoms with Gasteiger partial charge in [0.1, 0.15) is 36.0 Å². The Bertz CT molecular complexity index is 982. The maximum Gasteiger partial charge on any atom is 0.302 e. The molecule has 3 aliphatic rings. The largest absolute Gasteiger partial charge is 0.462 e. The Balaban J connectivity index is 1.44. The highest BCUT2D eigenvalue weighted by atomic mass is 16.5. The van der Waals surface area contributed by atoms with Gasteiger partial charge in [-0.05, 0) is 76.0 Å². The van der Waals surface area contributed by atoms with Crippen molar-refractivity contribution in [2.24, 2.45) is 22.7 Å². The molecule has 0 aromatic carbocycles. The number of ketones is 2. The fraction of sp³-hybridized carbons (Fsp3) is 0.800. The highest BCUT2D eigenvalue weighted by Gasteiger charge is 2.31. The Morgan fingerprint density at radius 1 is 1.11 bits per heavy atom. The number of quaternary nitrogens is 1. The first kappa shape index (κ1) is 36.4. The Morgan fingerprint density at radius 3 is 2.64 bits per heavy atom. The van der Waals surface area contributed by atoms with Crippen molar-refractivity contribution < 1.29 is 34.3 Å². The Hall–Kier alpha value is -2.07. The van der Waals surface area contributed by atoms with E-state index in [1.807, 2.05) is 12.8 Å². The lowest BCUT2D eigenvalue weighted by molar-refractivity contribution is -0.705. The molecule has 2 heterocycles. The van der Waals surface area contributed by atoms with Crippen LogP contribution in [-0.2, 0) is 23.9 Å². The van der Waals surface area contributed by atoms with Crippen molar-refractivity contribution in [3.63, 3.8) is 0 Å². The molecule has 0 radical (unpaired) electrons. The van der Waals surface area contributed by atoms with Gasteiger partial charge in [0, 0.05) is 59.1 Å². The number of hydrogen-bond donors (Lipinski definition) is 3. The minimum absolute atomic E-state index is 0.142. The van der Waals surface area contributed by atoms with E-state index in [1.165, 1.54) is 24.5 Å². The number of aliphatic hydroxyl groups is 1. The molecule has 7 unspecified atom stereocenters. The normalized spacial score (nSPS) is 26.7. The number of hydrogen-bond acceptors (Lipinski definition) is 8. The van der Waals surface area contributed by atoms with Crippen molar-refractivity contribution in [3.05, 3.63) is 17.7 Å². The van der Waals surface area contributed by atoms with Gasteiger partial charge in [0.25, 0.3) is 0 Å². The molecular weight excluding hydrogens is 558 g/mol. The van der Waals surface area contributed by atoms with Crippen molar-refractivity contribution in [2.75, 3.05) is 20.2 Å². The van der Waals surface area contributed by atoms with Crippen molar-refractivity contribution in [3.8, 4) is 0 Å². The molecule has 0 spiro atoms. The number of nitrogens with zero attached hydrogens (tertiary/aromatic N) is 1. The summed E-state index contributed by atoms with van der Waals surface area (Å²) in [6, 6.07) is 0. The van der Waals surface area contributed by atoms with E-state index in [2.05, 4.69) is 22.5 Å². The molecule has 2 fully saturated rings. The third-order valence-corrected chi connectivity index (χ3v) is 9.96. The summed E-state index contributed by atoms with van der Waals surface area (Å²) in [5, 5.41) is 16.0. The zero-order valence-electron chi connectivity index (χ0n) is 27.7. The van der Waals surface area contributed by atoms with Crippen LogP contribution in [0.4, 0.5) is 0 Å². The number of esters is 1. The average molecular weight is 618 g/mol. The van der Waals surface area contributed by atoms with Gasteiger partial charge >= 0.3 is 5.97 Å². The molecule has 0 amide bonds. The lowest BCUT2D eigenvalue weighted by Crippen LogP contribution is -2.95. The summed E-state index contributed by atoms with van der Waals surface area (Å²) in [6.07, 6.45) is 14.1. The predicted molar refractivity (Wildman–Crippen MR) is 172 cm³/mol. The second-order valence-corrected chi connectivity index (χ2v) is 13.5. The molecule has 1 aliphatic carbocycles. The summed E-state index contributed by atoms with van der Waals surface area (Å²) in [5.41, 5.74) is 2.67. The van der Waals surface area contributed by atoms with Gasteiger partial charge < -0.3 is 19.9 Å². The van der Waals surface area contributed by atoms with Gasteiger partial charge in [-0.3, -0.25) is 19.7 Å². The second kappa shape index (κ2) is 19.4. The highest BCUT2D eigenvalue weighted by molar-refractivity contribution is 5.84. The predicted octanol–water partition coefficient (Wildman–Crippen LogP) is 4.22. The molecular formula is C35H59N3O6+2. The third kappa shape index (κ3) is 13.1. The van der Waals surface area contributed by atoms with Gasteiger partial charge in [-0.1, -0.05) is 13.3 Å². The van der Waals surface area contributed by atoms with Crippen LogP contribution in [0.3, 0.4) is 0 Å². The van der Waals surface area contributed by atoms with E-state index in [0.29, 0.717) is 49.6 Å². The van der Waals surface area contributed by atoms with Crippen LogP contribution in [0.25, 0.3) is 0 Å². The molecule has 0 bridgehead atoms. The molecule has 1 saturated carbocycles. The molecule has 3 rings (SSSR count). The van der Waals surface area contributed by atoms with Gasteiger partial charge in [-0.15, -0.1) is 4.99 Å². The number of ether oxygens (including phenoxy) is 2. The number of Topliss-reactive ketones (excluding diaryl/α,β-unsaturated/α-hetero) is 2. The lowest BCUT2D eigenvalue weighted by Gasteiger charge is -2.32. The summed E-state index contributed by atoms with van der Waals surface area (Å²) in [7, 11) is 1.63. The minimum atomic E-state index is -0.414. The molecule has 1 saturated heterocycles. The van der Waals surface area contributed by atoms with Gasteiger partial charge in [0.2, 0.25) is 0 Å². The smallest absolute Gasteiger partial charge is 0.302 e. The Kier molecular flexibility index (Phi) is 16.1. The number of carbonyl (C=O) groups excluding carboxylic acids is 3. The van der Waals surface area contributed by atoms with Crippen LogP contribution >= 0.6 is 0 Å². The summed E-state index contributed by atoms with van der Waals surface area (Å²) in [4.78, 5) is 40.5. The number of aliphatic hydroxyl groups excluding tert-OH is 1. The number of carbonyl (C=O) groups is 3. The van der Waals surface area contributed by atoms with E-state index in [4.69, 9.17) is 9.47 Å². The van der Waals surface area contributed by atoms with Crippen molar-refractivity contribution in [2.45, 2.75) is 142 Å². The second-order valence-electron chi connectivity index (χ2n) is 13.5. The zero-order valence-corrected chi connectivity index (χ0v) is 27.7. The van der Waals surface area contributed by atoms with Crippen LogP contribution in [-0.4, -0.2) is 73.5 Å². The van der Waals surface area contributed by atoms with E-state index in [9.17, 15) is 19.5 Å². The molecule has 9 nitrogen and oxygen atoms in total. The number of nitrogens with two attached hydrogens (primary N) is 1. The highest BCUT2D eigenvalue weighted by Crippen LogP contribution is 2.32. The Labute approximate surface area is 265 Å². The average Bonchev–Trinajstić information content (AvgIpc) is 3.44. The fourth-order valence-electron chi connectivity index (χ4n) is 7.17. The first-order valence-corrected chi connectivity index (χ1v) is 17.2. The van der Waals surface area contributed by atoms with Gasteiger partial charge in [0.05, 0.1) is 24.3 Å². The third-order valence-electron chi connectivity index (χ3n) is 9.96. The number of piperidine rings is 1. The van der Waals surface area contributed by atoms with Crippen LogP contribution in [0.5, 0.6) is 0 Å². The van der Waals surface area contributed by atoms with Crippen LogP contribution < -0.4 is 10.6 Å². The van der Waals surface area contributed by atoms with Crippen LogP contribution in [0.1, 0.15) is 117 Å². The zero-order chi connectivity index (χ0) is 31.9. The van der Waals surface area contributed by atoms with Gasteiger partial charge in [0.15, 0.2) is 6.21 Å². The van der Waals surface area contributed by atoms with Crippen LogP contribution in [0.2, 0.25) is 0 Å². The molecule has 9 heteroatoms. The Morgan fingerprint density at radius 2 is 1.91 bits per heavy atom. The van der Waals surface area contributed by atoms with E-state index in [0.717, 1.165) is 70.9 Å². The van der Waals surface area contributed by atoms with E-state index < -0.39 is 6.10 Å². The summed E-state index contributed by atoms with van der Waals surface area (Å²) >= 11 is 0. The van der Waals surface area contributed by atoms with Crippen molar-refractivity contribution in [1.29, 1.82) is 0 Å². The first-order valence-electron chi connectivity index (χ1n) is 17.2. The minimum Gasteiger partial charge on any atom is -0.462 e. The monoisotopic (exact) mass is 617 g/mol. The summed E-state index contributed by atoms with van der Waals surface area (Å²) < 4.78 is 11.0. The van der Waals surface area contributed by atoms with E-state index in [-0.39, 0.29) is 36.2 Å². The molecule has 2 aliphatic heterocycles. The number of aliphatic imine (C=N–C) groups is 1. The van der Waals surface area contributed by atoms with Gasteiger partial charge in [-0.25, -0.2) is 0 Å². The summed E-state index contributed by atoms with van der Waals surface area (Å²) in [6.45, 7) is 9.18. The van der Waals surface area contributed by atoms with Crippen molar-refractivity contribution in [1.82, 2.24) is 5.32 Å². The maximum absolute atomic E-state index is 12.9. The molecule has 0 aromatic rings. The molecule has 44 heavy (non-hydrogen) atoms. The lowest BCUT2D eigenvalue weighted by atomic mass is 9.82. The number of methoxy groups -OCH3 is 1. The quantitative estimate of drug-likeness (QED) is 0.138. The van der Waals surface area contributed by atoms with Crippen molar-refractivity contribution >= 4 is 23.8 Å². The number of allylic oxidation sites excluding steroid dienone is 1. The van der Waals surface area contributed by atoms with Crippen LogP contribution in [0, 0.1) is 24.3 Å². The summed E-state index contributed by atoms with van der Waals surface area (Å²) in [5.74, 6) is 1.53. The maximum atomic E-state index is 12.9. The van der Waals surface area contributed by atoms with Crippen LogP contribution in [0.15, 0.2) is 16.1 Å². The topological polar surface area (TPSA) is 131 Å².